The Hall–Kier alpha value is -3.91. The molecule has 0 saturated heterocycles. The largest absolute Gasteiger partial charge is 0.453 e. The Bertz CT molecular complexity index is 1220. The molecule has 164 valence electrons. The number of hydrogen-bond acceptors (Lipinski definition) is 5. The minimum atomic E-state index is -0.763. The van der Waals surface area contributed by atoms with Gasteiger partial charge in [-0.05, 0) is 32.1 Å². The number of nitrogens with zero attached hydrogens (tertiary/aromatic N) is 3. The normalized spacial score (nSPS) is 11.9. The van der Waals surface area contributed by atoms with Crippen molar-refractivity contribution in [2.75, 3.05) is 5.73 Å². The molecule has 3 rings (SSSR count). The van der Waals surface area contributed by atoms with Crippen molar-refractivity contribution in [1.82, 2.24) is 20.1 Å². The van der Waals surface area contributed by atoms with Crippen molar-refractivity contribution in [2.24, 2.45) is 0 Å². The third kappa shape index (κ3) is 5.04. The number of benzene rings is 1. The zero-order valence-corrected chi connectivity index (χ0v) is 18.2. The van der Waals surface area contributed by atoms with E-state index in [4.69, 9.17) is 22.1 Å². The maximum absolute atomic E-state index is 14.7. The number of aromatic nitrogens is 3. The molecule has 2 heterocycles. The highest BCUT2D eigenvalue weighted by Gasteiger charge is 2.17. The molecule has 0 saturated carbocycles. The number of pyridine rings is 1. The Morgan fingerprint density at radius 2 is 2.03 bits per heavy atom. The van der Waals surface area contributed by atoms with Gasteiger partial charge in [0.2, 0.25) is 0 Å². The molecule has 0 spiro atoms. The number of carbonyl (C=O) groups excluding carboxylic acids is 1. The van der Waals surface area contributed by atoms with E-state index in [1.165, 1.54) is 24.5 Å². The number of hydrogen-bond donors (Lipinski definition) is 2. The van der Waals surface area contributed by atoms with Crippen molar-refractivity contribution in [3.63, 3.8) is 0 Å². The number of halogens is 2. The van der Waals surface area contributed by atoms with Gasteiger partial charge in [-0.2, -0.15) is 5.10 Å². The molecule has 3 N–H and O–H groups in total. The van der Waals surface area contributed by atoms with Gasteiger partial charge in [0, 0.05) is 24.0 Å². The number of nitrogens with two attached hydrogens (primary N) is 1. The summed E-state index contributed by atoms with van der Waals surface area (Å²) in [6.07, 6.45) is 5.29. The van der Waals surface area contributed by atoms with Crippen molar-refractivity contribution < 1.29 is 13.9 Å². The maximum atomic E-state index is 14.7. The molecular formula is C23H21ClFN5O2. The van der Waals surface area contributed by atoms with Gasteiger partial charge in [0.25, 0.3) is 5.91 Å². The van der Waals surface area contributed by atoms with Gasteiger partial charge in [0.1, 0.15) is 10.8 Å². The Morgan fingerprint density at radius 1 is 1.31 bits per heavy atom. The maximum Gasteiger partial charge on any atom is 0.259 e. The SMILES string of the molecule is C=C(/C=C(F)\C(=C/C)Oc1ccnc(N)c1Cl)NC(=O)c1cnn(-c2ccccc2)c1C. The van der Waals surface area contributed by atoms with E-state index in [1.807, 2.05) is 30.3 Å². The van der Waals surface area contributed by atoms with Crippen LogP contribution in [0.25, 0.3) is 5.69 Å². The fraction of sp³-hybridized carbons (Fsp3) is 0.0870. The minimum Gasteiger partial charge on any atom is -0.453 e. The van der Waals surface area contributed by atoms with Gasteiger partial charge < -0.3 is 15.8 Å². The summed E-state index contributed by atoms with van der Waals surface area (Å²) in [5.74, 6) is -1.14. The van der Waals surface area contributed by atoms with Crippen molar-refractivity contribution >= 4 is 23.3 Å². The second-order valence-electron chi connectivity index (χ2n) is 6.63. The minimum absolute atomic E-state index is 0.0302. The summed E-state index contributed by atoms with van der Waals surface area (Å²) in [5, 5.41) is 6.88. The predicted molar refractivity (Wildman–Crippen MR) is 122 cm³/mol. The van der Waals surface area contributed by atoms with Crippen LogP contribution in [-0.2, 0) is 0 Å². The first-order valence-electron chi connectivity index (χ1n) is 9.53. The molecule has 0 atom stereocenters. The average Bonchev–Trinajstić information content (AvgIpc) is 3.16. The zero-order chi connectivity index (χ0) is 23.3. The van der Waals surface area contributed by atoms with Crippen molar-refractivity contribution in [3.05, 3.63) is 101 Å². The van der Waals surface area contributed by atoms with E-state index >= 15 is 0 Å². The number of ether oxygens (including phenoxy) is 1. The topological polar surface area (TPSA) is 95.1 Å². The summed E-state index contributed by atoms with van der Waals surface area (Å²) < 4.78 is 21.9. The quantitative estimate of drug-likeness (QED) is 0.392. The van der Waals surface area contributed by atoms with E-state index in [-0.39, 0.29) is 28.0 Å². The fourth-order valence-corrected chi connectivity index (χ4v) is 2.97. The molecule has 1 aromatic carbocycles. The van der Waals surface area contributed by atoms with Crippen LogP contribution >= 0.6 is 11.6 Å². The van der Waals surface area contributed by atoms with Crippen molar-refractivity contribution in [2.45, 2.75) is 13.8 Å². The lowest BCUT2D eigenvalue weighted by Crippen LogP contribution is -2.22. The number of rotatable bonds is 7. The molecule has 3 aromatic rings. The summed E-state index contributed by atoms with van der Waals surface area (Å²) >= 11 is 6.04. The van der Waals surface area contributed by atoms with E-state index < -0.39 is 11.7 Å². The molecule has 1 amide bonds. The summed E-state index contributed by atoms with van der Waals surface area (Å²) in [5.41, 5.74) is 7.46. The molecule has 0 aliphatic rings. The lowest BCUT2D eigenvalue weighted by molar-refractivity contribution is 0.0966. The summed E-state index contributed by atoms with van der Waals surface area (Å²) in [6, 6.07) is 10.8. The smallest absolute Gasteiger partial charge is 0.259 e. The van der Waals surface area contributed by atoms with Crippen LogP contribution in [0.15, 0.2) is 84.8 Å². The molecule has 0 unspecified atom stereocenters. The first kappa shape index (κ1) is 22.8. The molecule has 7 nitrogen and oxygen atoms in total. The Balaban J connectivity index is 1.72. The summed E-state index contributed by atoms with van der Waals surface area (Å²) in [6.45, 7) is 7.05. The van der Waals surface area contributed by atoms with Crippen LogP contribution in [0.1, 0.15) is 23.0 Å². The number of allylic oxidation sites excluding steroid dienone is 3. The van der Waals surface area contributed by atoms with Crippen LogP contribution in [0.3, 0.4) is 0 Å². The molecule has 0 bridgehead atoms. The molecular weight excluding hydrogens is 433 g/mol. The Kier molecular flexibility index (Phi) is 7.07. The Morgan fingerprint density at radius 3 is 2.72 bits per heavy atom. The number of nitrogen functional groups attached to an aromatic ring is 1. The van der Waals surface area contributed by atoms with Crippen LogP contribution in [-0.4, -0.2) is 20.7 Å². The van der Waals surface area contributed by atoms with E-state index in [1.54, 1.807) is 18.5 Å². The lowest BCUT2D eigenvalue weighted by atomic mass is 10.2. The van der Waals surface area contributed by atoms with E-state index in [0.717, 1.165) is 11.8 Å². The van der Waals surface area contributed by atoms with Gasteiger partial charge in [0.15, 0.2) is 17.3 Å². The summed E-state index contributed by atoms with van der Waals surface area (Å²) in [7, 11) is 0. The molecule has 32 heavy (non-hydrogen) atoms. The van der Waals surface area contributed by atoms with Crippen LogP contribution in [0.2, 0.25) is 5.02 Å². The summed E-state index contributed by atoms with van der Waals surface area (Å²) in [4.78, 5) is 16.5. The molecule has 0 aliphatic heterocycles. The van der Waals surface area contributed by atoms with Crippen LogP contribution in [0, 0.1) is 6.92 Å². The number of carbonyl (C=O) groups is 1. The zero-order valence-electron chi connectivity index (χ0n) is 17.5. The first-order chi connectivity index (χ1) is 15.3. The lowest BCUT2D eigenvalue weighted by Gasteiger charge is -2.11. The Labute approximate surface area is 189 Å². The average molecular weight is 454 g/mol. The number of anilines is 1. The second kappa shape index (κ2) is 9.93. The molecule has 9 heteroatoms. The first-order valence-corrected chi connectivity index (χ1v) is 9.91. The van der Waals surface area contributed by atoms with Gasteiger partial charge in [-0.3, -0.25) is 4.79 Å². The molecule has 0 aliphatic carbocycles. The van der Waals surface area contributed by atoms with Gasteiger partial charge >= 0.3 is 0 Å². The highest BCUT2D eigenvalue weighted by molar-refractivity contribution is 6.34. The number of nitrogens with one attached hydrogen (secondary N) is 1. The highest BCUT2D eigenvalue weighted by Crippen LogP contribution is 2.31. The third-order valence-corrected chi connectivity index (χ3v) is 4.81. The molecule has 0 radical (unpaired) electrons. The fourth-order valence-electron chi connectivity index (χ4n) is 2.82. The highest BCUT2D eigenvalue weighted by atomic mass is 35.5. The van der Waals surface area contributed by atoms with Crippen LogP contribution in [0.4, 0.5) is 10.2 Å². The van der Waals surface area contributed by atoms with E-state index in [9.17, 15) is 9.18 Å². The van der Waals surface area contributed by atoms with Crippen molar-refractivity contribution in [3.8, 4) is 11.4 Å². The molecule has 0 fully saturated rings. The van der Waals surface area contributed by atoms with Crippen LogP contribution < -0.4 is 15.8 Å². The molecule has 2 aromatic heterocycles. The van der Waals surface area contributed by atoms with Gasteiger partial charge in [-0.1, -0.05) is 36.4 Å². The number of amides is 1. The third-order valence-electron chi connectivity index (χ3n) is 4.43. The van der Waals surface area contributed by atoms with E-state index in [0.29, 0.717) is 11.3 Å². The van der Waals surface area contributed by atoms with E-state index in [2.05, 4.69) is 22.0 Å². The monoisotopic (exact) mass is 453 g/mol. The second-order valence-corrected chi connectivity index (χ2v) is 7.00. The van der Waals surface area contributed by atoms with Crippen LogP contribution in [0.5, 0.6) is 5.75 Å². The standard InChI is InChI=1S/C23H21ClFN5O2/c1-4-19(32-20-10-11-27-22(26)21(20)24)18(25)12-14(2)29-23(31)17-13-28-30(15(17)3)16-8-6-5-7-9-16/h4-13H,2H2,1,3H3,(H2,26,27)(H,29,31)/b18-12+,19-4+. The van der Waals surface area contributed by atoms with Gasteiger partial charge in [-0.15, -0.1) is 0 Å². The van der Waals surface area contributed by atoms with Gasteiger partial charge in [0.05, 0.1) is 23.1 Å². The predicted octanol–water partition coefficient (Wildman–Crippen LogP) is 4.89. The van der Waals surface area contributed by atoms with Gasteiger partial charge in [-0.25, -0.2) is 14.1 Å². The van der Waals surface area contributed by atoms with Crippen molar-refractivity contribution in [1.29, 1.82) is 0 Å². The number of para-hydroxylation sites is 1.